The molecule has 1 rings (SSSR count). The molecule has 0 aromatic carbocycles. The summed E-state index contributed by atoms with van der Waals surface area (Å²) in [7, 11) is -4.82. The third-order valence-electron chi connectivity index (χ3n) is 0.379. The Labute approximate surface area is 67.1 Å². The molecule has 0 aromatic rings. The fraction of sp³-hybridized carbons (Fsp3) is 0. The fourth-order valence-electron chi connectivity index (χ4n) is 0.0657. The van der Waals surface area contributed by atoms with Gasteiger partial charge in [-0.05, 0) is 0 Å². The molecule has 0 atom stereocenters. The monoisotopic (exact) mass is 268 g/mol. The first-order valence-electron chi connectivity index (χ1n) is 1.25. The average Bonchev–Trinajstić information content (AvgIpc) is 2.20. The van der Waals surface area contributed by atoms with E-state index in [0.29, 0.717) is 0 Å². The summed E-state index contributed by atoms with van der Waals surface area (Å²) in [5.41, 5.74) is 0. The summed E-state index contributed by atoms with van der Waals surface area (Å²) in [5, 5.41) is 0. The molecule has 0 saturated carbocycles. The van der Waals surface area contributed by atoms with Crippen LogP contribution in [0.5, 0.6) is 0 Å². The van der Waals surface area contributed by atoms with Crippen molar-refractivity contribution < 1.29 is 59.3 Å². The van der Waals surface area contributed by atoms with E-state index in [0.717, 1.165) is 20.2 Å². The van der Waals surface area contributed by atoms with Crippen molar-refractivity contribution in [3.8, 4) is 0 Å². The second kappa shape index (κ2) is 2.23. The first-order valence-corrected chi connectivity index (χ1v) is 3.89. The molecule has 1 radical (unpaired) electrons. The van der Waals surface area contributed by atoms with Crippen molar-refractivity contribution in [3.63, 3.8) is 0 Å². The molecule has 0 bridgehead atoms. The van der Waals surface area contributed by atoms with Gasteiger partial charge in [0.15, 0.2) is 0 Å². The standard InChI is InChI=1S/Co.Mo.O5P/c;;1-6(2,3)4-5-6/q+2;+1;-3. The van der Waals surface area contributed by atoms with Crippen molar-refractivity contribution in [2.45, 2.75) is 0 Å². The number of rotatable bonds is 1. The van der Waals surface area contributed by atoms with Gasteiger partial charge in [0.2, 0.25) is 0 Å². The summed E-state index contributed by atoms with van der Waals surface area (Å²) < 4.78 is 10.9. The number of hydrogen-bond acceptors (Lipinski definition) is 5. The zero-order chi connectivity index (χ0) is 5.57. The van der Waals surface area contributed by atoms with Crippen LogP contribution in [0.1, 0.15) is 0 Å². The van der Waals surface area contributed by atoms with E-state index < -0.39 is 7.74 Å². The summed E-state index contributed by atoms with van der Waals surface area (Å²) in [4.78, 5) is 20.1. The van der Waals surface area contributed by atoms with Crippen LogP contribution in [0, 0.1) is 0 Å². The quantitative estimate of drug-likeness (QED) is 0.244. The van der Waals surface area contributed by atoms with E-state index in [1.54, 1.807) is 0 Å². The molecule has 0 amide bonds. The van der Waals surface area contributed by atoms with Crippen LogP contribution in [-0.4, -0.2) is 0 Å². The third-order valence-corrected chi connectivity index (χ3v) is 2.93. The molecule has 1 heterocycles. The van der Waals surface area contributed by atoms with Gasteiger partial charge in [0, 0.05) is 0 Å². The van der Waals surface area contributed by atoms with E-state index in [9.17, 15) is 9.79 Å². The molecule has 1 saturated heterocycles. The fourth-order valence-corrected chi connectivity index (χ4v) is 0.808. The van der Waals surface area contributed by atoms with E-state index in [4.69, 9.17) is 0 Å². The molecule has 0 spiro atoms. The van der Waals surface area contributed by atoms with Crippen LogP contribution in [0.15, 0.2) is 0 Å². The van der Waals surface area contributed by atoms with Crippen molar-refractivity contribution in [2.75, 3.05) is 0 Å². The maximum absolute atomic E-state index is 10.1. The van der Waals surface area contributed by atoms with Crippen LogP contribution in [0.4, 0.5) is 0 Å². The van der Waals surface area contributed by atoms with Gasteiger partial charge < -0.3 is 0 Å². The molecule has 1 aliphatic heterocycles. The van der Waals surface area contributed by atoms with Crippen LogP contribution in [0.2, 0.25) is 0 Å². The van der Waals surface area contributed by atoms with Crippen molar-refractivity contribution in [1.82, 2.24) is 0 Å². The molecular weight excluding hydrogens is 266 g/mol. The Kier molecular flexibility index (Phi) is 2.63. The maximum atomic E-state index is 10.1. The first kappa shape index (κ1) is 9.42. The van der Waals surface area contributed by atoms with Gasteiger partial charge in [-0.15, -0.1) is 0 Å². The molecule has 0 N–H and O–H groups in total. The second-order valence-corrected chi connectivity index (χ2v) is 4.01. The molecule has 0 unspecified atom stereocenters. The normalized spacial score (nSPS) is 33.5. The van der Waals surface area contributed by atoms with Gasteiger partial charge in [-0.2, -0.15) is 0 Å². The third kappa shape index (κ3) is 1.99. The van der Waals surface area contributed by atoms with Crippen LogP contribution < -0.4 is 9.79 Å². The van der Waals surface area contributed by atoms with Crippen molar-refractivity contribution in [3.05, 3.63) is 0 Å². The summed E-state index contributed by atoms with van der Waals surface area (Å²) in [5.74, 6) is 0. The summed E-state index contributed by atoms with van der Waals surface area (Å²) >= 11 is 0.899. The zero-order valence-corrected chi connectivity index (χ0v) is 7.17. The Morgan fingerprint density at radius 3 is 1.75 bits per heavy atom. The van der Waals surface area contributed by atoms with Gasteiger partial charge >= 0.3 is 67.0 Å². The molecular formula is CoMoO5P. The molecule has 8 heteroatoms. The molecule has 50 valence electrons. The van der Waals surface area contributed by atoms with Crippen LogP contribution in [0.3, 0.4) is 0 Å². The topological polar surface area (TPSA) is 80.4 Å². The molecule has 0 aliphatic carbocycles. The van der Waals surface area contributed by atoms with Gasteiger partial charge in [0.05, 0.1) is 0 Å². The SMILES string of the molecule is [Co+2].[O-]P1([O-])([O][Mo])OO1. The Morgan fingerprint density at radius 1 is 1.38 bits per heavy atom. The minimum absolute atomic E-state index is 0. The Bertz CT molecular complexity index is 94.6. The first-order chi connectivity index (χ1) is 3.05. The van der Waals surface area contributed by atoms with Crippen molar-refractivity contribution >= 4 is 7.74 Å². The minimum atomic E-state index is -4.82. The van der Waals surface area contributed by atoms with Crippen molar-refractivity contribution in [1.29, 1.82) is 0 Å². The van der Waals surface area contributed by atoms with E-state index in [1.165, 1.54) is 0 Å². The molecule has 5 nitrogen and oxygen atoms in total. The van der Waals surface area contributed by atoms with Crippen LogP contribution >= 0.6 is 7.74 Å². The van der Waals surface area contributed by atoms with Gasteiger partial charge in [-0.3, -0.25) is 0 Å². The van der Waals surface area contributed by atoms with Crippen LogP contribution in [-0.2, 0) is 49.5 Å². The van der Waals surface area contributed by atoms with Gasteiger partial charge in [-0.1, -0.05) is 0 Å². The molecule has 1 fully saturated rings. The predicted molar refractivity (Wildman–Crippen MR) is 10.2 cm³/mol. The molecule has 8 heavy (non-hydrogen) atoms. The summed E-state index contributed by atoms with van der Waals surface area (Å²) in [6.45, 7) is 0. The van der Waals surface area contributed by atoms with Gasteiger partial charge in [0.25, 0.3) is 0 Å². The Balaban J connectivity index is 0.000000490. The summed E-state index contributed by atoms with van der Waals surface area (Å²) in [6, 6.07) is 0. The average molecular weight is 266 g/mol. The Morgan fingerprint density at radius 2 is 1.75 bits per heavy atom. The second-order valence-electron chi connectivity index (χ2n) is 0.969. The number of hydrogen-bond donors (Lipinski definition) is 0. The van der Waals surface area contributed by atoms with E-state index in [1.807, 2.05) is 0 Å². The molecule has 0 aromatic heterocycles. The summed E-state index contributed by atoms with van der Waals surface area (Å²) in [6.07, 6.45) is 0. The Hall–Kier alpha value is 1.42. The zero-order valence-electron chi connectivity index (χ0n) is 3.23. The molecule has 1 aliphatic rings. The van der Waals surface area contributed by atoms with E-state index >= 15 is 0 Å². The van der Waals surface area contributed by atoms with E-state index in [2.05, 4.69) is 12.5 Å². The van der Waals surface area contributed by atoms with Crippen molar-refractivity contribution in [2.24, 2.45) is 0 Å². The predicted octanol–water partition coefficient (Wildman–Crippen LogP) is -1.73. The van der Waals surface area contributed by atoms with Gasteiger partial charge in [0.1, 0.15) is 0 Å². The van der Waals surface area contributed by atoms with E-state index in [-0.39, 0.29) is 16.8 Å². The van der Waals surface area contributed by atoms with Crippen LogP contribution in [0.25, 0.3) is 0 Å². The van der Waals surface area contributed by atoms with Gasteiger partial charge in [-0.25, -0.2) is 0 Å².